The molecule has 0 unspecified atom stereocenters. The molecule has 140 valence electrons. The number of rotatable bonds is 6. The van der Waals surface area contributed by atoms with Gasteiger partial charge in [0.1, 0.15) is 0 Å². The number of hydrogen-bond donors (Lipinski definition) is 1. The number of hydrogen-bond acceptors (Lipinski definition) is 3. The molecule has 0 aromatic carbocycles. The number of piperidine rings is 1. The van der Waals surface area contributed by atoms with Crippen LogP contribution in [0.2, 0.25) is 0 Å². The Hall–Kier alpha value is -0.810. The summed E-state index contributed by atoms with van der Waals surface area (Å²) in [4.78, 5) is 12.1. The van der Waals surface area contributed by atoms with Crippen molar-refractivity contribution < 1.29 is 0 Å². The van der Waals surface area contributed by atoms with E-state index in [1.54, 1.807) is 0 Å². The van der Waals surface area contributed by atoms with Gasteiger partial charge in [-0.05, 0) is 50.7 Å². The van der Waals surface area contributed by atoms with Crippen molar-refractivity contribution in [1.29, 1.82) is 0 Å². The van der Waals surface area contributed by atoms with Crippen LogP contribution in [0.1, 0.15) is 40.0 Å². The largest absolute Gasteiger partial charge is 0.356 e. The molecule has 2 aliphatic rings. The maximum atomic E-state index is 4.51. The van der Waals surface area contributed by atoms with Gasteiger partial charge in [-0.25, -0.2) is 0 Å². The molecule has 0 radical (unpaired) electrons. The molecule has 0 aromatic heterocycles. The molecule has 0 aliphatic carbocycles. The molecule has 1 N–H and O–H groups in total. The predicted molar refractivity (Wildman–Crippen MR) is 104 cm³/mol. The van der Waals surface area contributed by atoms with Gasteiger partial charge < -0.3 is 15.1 Å². The number of likely N-dealkylation sites (tertiary alicyclic amines) is 1. The van der Waals surface area contributed by atoms with Gasteiger partial charge in [0.2, 0.25) is 0 Å². The molecule has 24 heavy (non-hydrogen) atoms. The lowest BCUT2D eigenvalue weighted by molar-refractivity contribution is 0.163. The van der Waals surface area contributed by atoms with E-state index in [1.165, 1.54) is 45.4 Å². The molecule has 5 nitrogen and oxygen atoms in total. The molecule has 2 aliphatic heterocycles. The highest BCUT2D eigenvalue weighted by Crippen LogP contribution is 2.19. The van der Waals surface area contributed by atoms with Gasteiger partial charge in [0.25, 0.3) is 0 Å². The van der Waals surface area contributed by atoms with Gasteiger partial charge in [-0.2, -0.15) is 0 Å². The molecule has 0 bridgehead atoms. The van der Waals surface area contributed by atoms with Gasteiger partial charge in [-0.1, -0.05) is 20.8 Å². The Morgan fingerprint density at radius 2 is 1.71 bits per heavy atom. The first kappa shape index (κ1) is 19.5. The maximum Gasteiger partial charge on any atom is 0.193 e. The third-order valence-corrected chi connectivity index (χ3v) is 5.50. The van der Waals surface area contributed by atoms with Crippen molar-refractivity contribution >= 4 is 5.96 Å². The molecule has 0 spiro atoms. The van der Waals surface area contributed by atoms with E-state index in [1.807, 2.05) is 7.05 Å². The first-order chi connectivity index (χ1) is 11.6. The molecule has 2 saturated heterocycles. The maximum absolute atomic E-state index is 4.51. The Morgan fingerprint density at radius 1 is 1.04 bits per heavy atom. The van der Waals surface area contributed by atoms with Crippen LogP contribution in [-0.2, 0) is 0 Å². The summed E-state index contributed by atoms with van der Waals surface area (Å²) < 4.78 is 0. The SMILES string of the molecule is CCN1CCC(CCNC(=NC)N2CCN(CC(C)C)CC2)CC1. The number of piperazine rings is 1. The van der Waals surface area contributed by atoms with E-state index in [9.17, 15) is 0 Å². The van der Waals surface area contributed by atoms with Crippen LogP contribution >= 0.6 is 0 Å². The molecule has 2 heterocycles. The average molecular weight is 338 g/mol. The second kappa shape index (κ2) is 10.2. The fourth-order valence-electron chi connectivity index (χ4n) is 3.97. The second-order valence-electron chi connectivity index (χ2n) is 7.82. The number of aliphatic imine (C=N–C) groups is 1. The van der Waals surface area contributed by atoms with Crippen molar-refractivity contribution in [2.24, 2.45) is 16.8 Å². The highest BCUT2D eigenvalue weighted by molar-refractivity contribution is 5.79. The first-order valence-electron chi connectivity index (χ1n) is 10.0. The van der Waals surface area contributed by atoms with E-state index < -0.39 is 0 Å². The second-order valence-corrected chi connectivity index (χ2v) is 7.82. The lowest BCUT2D eigenvalue weighted by Gasteiger charge is -2.37. The van der Waals surface area contributed by atoms with Crippen molar-refractivity contribution in [2.75, 3.05) is 66.0 Å². The minimum Gasteiger partial charge on any atom is -0.356 e. The van der Waals surface area contributed by atoms with Crippen molar-refractivity contribution in [3.63, 3.8) is 0 Å². The number of guanidine groups is 1. The molecule has 0 aromatic rings. The van der Waals surface area contributed by atoms with Crippen LogP contribution in [-0.4, -0.2) is 86.6 Å². The molecule has 0 atom stereocenters. The van der Waals surface area contributed by atoms with E-state index in [2.05, 4.69) is 45.8 Å². The fraction of sp³-hybridized carbons (Fsp3) is 0.947. The van der Waals surface area contributed by atoms with Gasteiger partial charge in [0.05, 0.1) is 0 Å². The minimum atomic E-state index is 0.758. The highest BCUT2D eigenvalue weighted by atomic mass is 15.3. The molecule has 2 fully saturated rings. The van der Waals surface area contributed by atoms with Gasteiger partial charge in [0, 0.05) is 46.3 Å². The van der Waals surface area contributed by atoms with Crippen molar-refractivity contribution in [2.45, 2.75) is 40.0 Å². The lowest BCUT2D eigenvalue weighted by Crippen LogP contribution is -2.53. The summed E-state index contributed by atoms with van der Waals surface area (Å²) in [5, 5.41) is 3.61. The predicted octanol–water partition coefficient (Wildman–Crippen LogP) is 1.96. The Labute approximate surface area is 149 Å². The van der Waals surface area contributed by atoms with Gasteiger partial charge in [-0.15, -0.1) is 0 Å². The van der Waals surface area contributed by atoms with E-state index in [4.69, 9.17) is 0 Å². The zero-order valence-electron chi connectivity index (χ0n) is 16.4. The monoisotopic (exact) mass is 337 g/mol. The summed E-state index contributed by atoms with van der Waals surface area (Å²) in [6.45, 7) is 17.5. The Morgan fingerprint density at radius 3 is 2.25 bits per heavy atom. The summed E-state index contributed by atoms with van der Waals surface area (Å²) in [6, 6.07) is 0. The standard InChI is InChI=1S/C19H39N5/c1-5-22-10-7-18(8-11-22)6-9-21-19(20-4)24-14-12-23(13-15-24)16-17(2)3/h17-18H,5-16H2,1-4H3,(H,20,21). The van der Waals surface area contributed by atoms with Crippen LogP contribution in [0.3, 0.4) is 0 Å². The number of nitrogens with one attached hydrogen (secondary N) is 1. The highest BCUT2D eigenvalue weighted by Gasteiger charge is 2.21. The molecular formula is C19H39N5. The van der Waals surface area contributed by atoms with E-state index in [0.29, 0.717) is 0 Å². The Kier molecular flexibility index (Phi) is 8.33. The van der Waals surface area contributed by atoms with Crippen LogP contribution in [0.15, 0.2) is 4.99 Å². The van der Waals surface area contributed by atoms with E-state index in [-0.39, 0.29) is 0 Å². The smallest absolute Gasteiger partial charge is 0.193 e. The third kappa shape index (κ3) is 6.25. The van der Waals surface area contributed by atoms with Crippen molar-refractivity contribution in [1.82, 2.24) is 20.0 Å². The summed E-state index contributed by atoms with van der Waals surface area (Å²) in [5.74, 6) is 2.75. The Balaban J connectivity index is 1.64. The van der Waals surface area contributed by atoms with Crippen LogP contribution in [0.5, 0.6) is 0 Å². The van der Waals surface area contributed by atoms with Crippen LogP contribution in [0.25, 0.3) is 0 Å². The minimum absolute atomic E-state index is 0.758. The summed E-state index contributed by atoms with van der Waals surface area (Å²) >= 11 is 0. The summed E-state index contributed by atoms with van der Waals surface area (Å²) in [6.07, 6.45) is 4.01. The lowest BCUT2D eigenvalue weighted by atomic mass is 9.93. The van der Waals surface area contributed by atoms with Crippen LogP contribution in [0.4, 0.5) is 0 Å². The van der Waals surface area contributed by atoms with Crippen LogP contribution in [0, 0.1) is 11.8 Å². The van der Waals surface area contributed by atoms with Crippen molar-refractivity contribution in [3.8, 4) is 0 Å². The van der Waals surface area contributed by atoms with E-state index in [0.717, 1.165) is 50.5 Å². The summed E-state index contributed by atoms with van der Waals surface area (Å²) in [5.41, 5.74) is 0. The molecular weight excluding hydrogens is 298 g/mol. The van der Waals surface area contributed by atoms with E-state index >= 15 is 0 Å². The van der Waals surface area contributed by atoms with Crippen LogP contribution < -0.4 is 5.32 Å². The summed E-state index contributed by atoms with van der Waals surface area (Å²) in [7, 11) is 1.92. The molecule has 0 amide bonds. The molecule has 2 rings (SSSR count). The third-order valence-electron chi connectivity index (χ3n) is 5.50. The Bertz CT molecular complexity index is 366. The van der Waals surface area contributed by atoms with Crippen molar-refractivity contribution in [3.05, 3.63) is 0 Å². The first-order valence-corrected chi connectivity index (χ1v) is 10.0. The topological polar surface area (TPSA) is 34.1 Å². The average Bonchev–Trinajstić information content (AvgIpc) is 2.60. The van der Waals surface area contributed by atoms with Gasteiger partial charge >= 0.3 is 0 Å². The quantitative estimate of drug-likeness (QED) is 0.593. The number of nitrogens with zero attached hydrogens (tertiary/aromatic N) is 4. The zero-order valence-corrected chi connectivity index (χ0v) is 16.4. The van der Waals surface area contributed by atoms with Gasteiger partial charge in [0.15, 0.2) is 5.96 Å². The van der Waals surface area contributed by atoms with Gasteiger partial charge in [-0.3, -0.25) is 9.89 Å². The molecule has 5 heteroatoms. The normalized spacial score (nSPS) is 22.4. The molecule has 0 saturated carbocycles. The fourth-order valence-corrected chi connectivity index (χ4v) is 3.97. The zero-order chi connectivity index (χ0) is 17.4.